The number of thiazole rings is 1. The molecule has 0 spiro atoms. The van der Waals surface area contributed by atoms with E-state index in [0.29, 0.717) is 18.1 Å². The lowest BCUT2D eigenvalue weighted by Gasteiger charge is -2.35. The van der Waals surface area contributed by atoms with Crippen LogP contribution in [0, 0.1) is 5.41 Å². The van der Waals surface area contributed by atoms with Crippen molar-refractivity contribution in [2.24, 2.45) is 5.41 Å². The van der Waals surface area contributed by atoms with Crippen LogP contribution in [0.4, 0.5) is 5.13 Å². The highest BCUT2D eigenvalue weighted by Gasteiger charge is 2.42. The van der Waals surface area contributed by atoms with E-state index in [0.717, 1.165) is 35.4 Å². The minimum absolute atomic E-state index is 0.0241. The molecule has 1 aliphatic carbocycles. The Labute approximate surface area is 201 Å². The Kier molecular flexibility index (Phi) is 6.91. The molecule has 2 amide bonds. The van der Waals surface area contributed by atoms with E-state index in [2.05, 4.69) is 10.6 Å². The standard InChI is InChI=1S/C24H32N4O3S2/c1-24(2,3)20(22(30)28-13-5-6-19(28)21(29)25-16-9-10-16)27-23-26-18(14-32-23)15-7-11-17(12-8-15)33(4)31/h7-8,11-12,14,16,19-20H,5-6,9-10,13H2,1-4H3,(H,25,29)(H,26,27)/t19-,20+,33?/m0/s1. The van der Waals surface area contributed by atoms with Crippen LogP contribution in [0.25, 0.3) is 11.3 Å². The first-order chi connectivity index (χ1) is 15.6. The summed E-state index contributed by atoms with van der Waals surface area (Å²) in [6, 6.07) is 6.91. The van der Waals surface area contributed by atoms with E-state index in [4.69, 9.17) is 4.98 Å². The molecule has 0 bridgehead atoms. The Bertz CT molecular complexity index is 1040. The molecule has 2 aliphatic rings. The van der Waals surface area contributed by atoms with Gasteiger partial charge in [-0.25, -0.2) is 4.98 Å². The summed E-state index contributed by atoms with van der Waals surface area (Å²) < 4.78 is 11.6. The number of hydrogen-bond acceptors (Lipinski definition) is 6. The normalized spacial score (nSPS) is 20.4. The SMILES string of the molecule is CS(=O)c1ccc(-c2csc(N[C@H](C(=O)N3CCC[C@H]3C(=O)NC3CC3)C(C)(C)C)n2)cc1. The first kappa shape index (κ1) is 23.9. The van der Waals surface area contributed by atoms with Crippen LogP contribution in [0.15, 0.2) is 34.5 Å². The van der Waals surface area contributed by atoms with Gasteiger partial charge in [-0.3, -0.25) is 13.8 Å². The van der Waals surface area contributed by atoms with E-state index >= 15 is 0 Å². The van der Waals surface area contributed by atoms with E-state index in [1.165, 1.54) is 11.3 Å². The number of carbonyl (C=O) groups is 2. The molecule has 1 saturated heterocycles. The zero-order valence-corrected chi connectivity index (χ0v) is 21.2. The molecule has 7 nitrogen and oxygen atoms in total. The Morgan fingerprint density at radius 2 is 1.88 bits per heavy atom. The van der Waals surface area contributed by atoms with Crippen molar-refractivity contribution >= 4 is 39.1 Å². The molecular weight excluding hydrogens is 456 g/mol. The predicted molar refractivity (Wildman–Crippen MR) is 133 cm³/mol. The second-order valence-electron chi connectivity index (χ2n) is 9.93. The fraction of sp³-hybridized carbons (Fsp3) is 0.542. The molecule has 1 unspecified atom stereocenters. The quantitative estimate of drug-likeness (QED) is 0.621. The van der Waals surface area contributed by atoms with Gasteiger partial charge in [0.1, 0.15) is 12.1 Å². The van der Waals surface area contributed by atoms with Crippen LogP contribution in [-0.2, 0) is 20.4 Å². The Morgan fingerprint density at radius 1 is 1.18 bits per heavy atom. The van der Waals surface area contributed by atoms with Crippen molar-refractivity contribution < 1.29 is 13.8 Å². The average molecular weight is 489 g/mol. The highest BCUT2D eigenvalue weighted by molar-refractivity contribution is 7.84. The molecule has 4 rings (SSSR count). The maximum atomic E-state index is 13.6. The molecule has 1 saturated carbocycles. The van der Waals surface area contributed by atoms with E-state index in [9.17, 15) is 13.8 Å². The van der Waals surface area contributed by atoms with Crippen molar-refractivity contribution in [3.63, 3.8) is 0 Å². The topological polar surface area (TPSA) is 91.4 Å². The monoisotopic (exact) mass is 488 g/mol. The van der Waals surface area contributed by atoms with E-state index in [-0.39, 0.29) is 29.3 Å². The van der Waals surface area contributed by atoms with Crippen molar-refractivity contribution in [3.05, 3.63) is 29.6 Å². The maximum Gasteiger partial charge on any atom is 0.246 e. The van der Waals surface area contributed by atoms with Crippen LogP contribution in [0.5, 0.6) is 0 Å². The number of amides is 2. The van der Waals surface area contributed by atoms with E-state index in [1.807, 2.05) is 50.4 Å². The number of nitrogens with zero attached hydrogens (tertiary/aromatic N) is 2. The molecule has 178 valence electrons. The second kappa shape index (κ2) is 9.54. The predicted octanol–water partition coefficient (Wildman–Crippen LogP) is 3.64. The highest BCUT2D eigenvalue weighted by Crippen LogP contribution is 2.32. The third kappa shape index (κ3) is 5.63. The van der Waals surface area contributed by atoms with Crippen molar-refractivity contribution in [2.75, 3.05) is 18.1 Å². The maximum absolute atomic E-state index is 13.6. The van der Waals surface area contributed by atoms with Crippen molar-refractivity contribution in [2.45, 2.75) is 69.5 Å². The van der Waals surface area contributed by atoms with Crippen molar-refractivity contribution in [1.82, 2.24) is 15.2 Å². The van der Waals surface area contributed by atoms with Gasteiger partial charge in [0.2, 0.25) is 11.8 Å². The van der Waals surface area contributed by atoms with Crippen molar-refractivity contribution in [3.8, 4) is 11.3 Å². The summed E-state index contributed by atoms with van der Waals surface area (Å²) in [6.07, 6.45) is 5.27. The van der Waals surface area contributed by atoms with Gasteiger partial charge >= 0.3 is 0 Å². The lowest BCUT2D eigenvalue weighted by Crippen LogP contribution is -2.54. The van der Waals surface area contributed by atoms with Crippen LogP contribution in [0.3, 0.4) is 0 Å². The van der Waals surface area contributed by atoms with Gasteiger partial charge in [0.05, 0.1) is 5.69 Å². The molecule has 1 aliphatic heterocycles. The summed E-state index contributed by atoms with van der Waals surface area (Å²) in [5, 5.41) is 9.04. The first-order valence-electron chi connectivity index (χ1n) is 11.4. The van der Waals surface area contributed by atoms with E-state index in [1.54, 1.807) is 11.2 Å². The first-order valence-corrected chi connectivity index (χ1v) is 13.8. The highest BCUT2D eigenvalue weighted by atomic mass is 32.2. The van der Waals surface area contributed by atoms with Gasteiger partial charge in [-0.15, -0.1) is 11.3 Å². The van der Waals surface area contributed by atoms with E-state index < -0.39 is 16.8 Å². The number of aromatic nitrogens is 1. The minimum Gasteiger partial charge on any atom is -0.352 e. The summed E-state index contributed by atoms with van der Waals surface area (Å²) in [4.78, 5) is 33.6. The number of nitrogens with one attached hydrogen (secondary N) is 2. The number of anilines is 1. The average Bonchev–Trinajstić information content (AvgIpc) is 3.25. The van der Waals surface area contributed by atoms with Gasteiger partial charge in [0.25, 0.3) is 0 Å². The molecule has 3 atom stereocenters. The summed E-state index contributed by atoms with van der Waals surface area (Å²) >= 11 is 1.45. The summed E-state index contributed by atoms with van der Waals surface area (Å²) in [5.41, 5.74) is 1.37. The molecule has 2 N–H and O–H groups in total. The van der Waals surface area contributed by atoms with Gasteiger partial charge < -0.3 is 15.5 Å². The fourth-order valence-electron chi connectivity index (χ4n) is 4.06. The van der Waals surface area contributed by atoms with Gasteiger partial charge in [0, 0.05) is 45.5 Å². The summed E-state index contributed by atoms with van der Waals surface area (Å²) in [7, 11) is -1.02. The molecule has 2 heterocycles. The lowest BCUT2D eigenvalue weighted by atomic mass is 9.85. The molecule has 1 aromatic heterocycles. The van der Waals surface area contributed by atoms with Crippen LogP contribution in [-0.4, -0.2) is 56.8 Å². The second-order valence-corrected chi connectivity index (χ2v) is 12.2. The molecule has 0 radical (unpaired) electrons. The molecule has 9 heteroatoms. The van der Waals surface area contributed by atoms with Gasteiger partial charge in [-0.1, -0.05) is 32.9 Å². The third-order valence-corrected chi connectivity index (χ3v) is 7.84. The molecule has 33 heavy (non-hydrogen) atoms. The molecule has 1 aromatic carbocycles. The number of rotatable bonds is 7. The molecule has 2 fully saturated rings. The third-order valence-electron chi connectivity index (χ3n) is 6.13. The van der Waals surface area contributed by atoms with Gasteiger partial charge in [-0.2, -0.15) is 0 Å². The van der Waals surface area contributed by atoms with Crippen LogP contribution in [0.1, 0.15) is 46.5 Å². The minimum atomic E-state index is -1.02. The molecular formula is C24H32N4O3S2. The summed E-state index contributed by atoms with van der Waals surface area (Å²) in [5.74, 6) is -0.0773. The number of hydrogen-bond donors (Lipinski definition) is 2. The zero-order valence-electron chi connectivity index (χ0n) is 19.6. The van der Waals surface area contributed by atoms with Crippen molar-refractivity contribution in [1.29, 1.82) is 0 Å². The smallest absolute Gasteiger partial charge is 0.246 e. The van der Waals surface area contributed by atoms with Gasteiger partial charge in [-0.05, 0) is 43.2 Å². The number of carbonyl (C=O) groups excluding carboxylic acids is 2. The van der Waals surface area contributed by atoms with Gasteiger partial charge in [0.15, 0.2) is 5.13 Å². The Balaban J connectivity index is 1.49. The Hall–Kier alpha value is -2.26. The molecule has 2 aromatic rings. The summed E-state index contributed by atoms with van der Waals surface area (Å²) in [6.45, 7) is 6.67. The zero-order chi connectivity index (χ0) is 23.8. The largest absolute Gasteiger partial charge is 0.352 e. The number of likely N-dealkylation sites (tertiary alicyclic amines) is 1. The van der Waals surface area contributed by atoms with Crippen LogP contribution in [0.2, 0.25) is 0 Å². The van der Waals surface area contributed by atoms with Crippen LogP contribution < -0.4 is 10.6 Å². The number of benzene rings is 1. The lowest BCUT2D eigenvalue weighted by molar-refractivity contribution is -0.140. The van der Waals surface area contributed by atoms with Crippen LogP contribution >= 0.6 is 11.3 Å². The fourth-order valence-corrected chi connectivity index (χ4v) is 5.32. The Morgan fingerprint density at radius 3 is 2.48 bits per heavy atom.